The molecule has 2 aromatic rings. The lowest BCUT2D eigenvalue weighted by Gasteiger charge is -2.22. The van der Waals surface area contributed by atoms with Crippen LogP contribution in [0.4, 0.5) is 17.1 Å². The summed E-state index contributed by atoms with van der Waals surface area (Å²) in [6.45, 7) is 1.82. The maximum absolute atomic E-state index is 12.2. The maximum Gasteiger partial charge on any atom is 0.226 e. The highest BCUT2D eigenvalue weighted by atomic mass is 16.5. The second kappa shape index (κ2) is 8.89. The standard InChI is InChI=1S/C20H25N3O3/c1-15(24)23(18-9-7-17(8-10-18)22(2)3)14-13-20(25)21-16-5-11-19(26-4)12-6-16/h5-12H,13-14H2,1-4H3,(H,21,25). The van der Waals surface area contributed by atoms with Crippen LogP contribution >= 0.6 is 0 Å². The Labute approximate surface area is 154 Å². The summed E-state index contributed by atoms with van der Waals surface area (Å²) in [5.74, 6) is 0.484. The average molecular weight is 355 g/mol. The van der Waals surface area contributed by atoms with Crippen molar-refractivity contribution in [2.45, 2.75) is 13.3 Å². The average Bonchev–Trinajstić information content (AvgIpc) is 2.62. The van der Waals surface area contributed by atoms with Crippen LogP contribution in [0.5, 0.6) is 5.75 Å². The molecule has 0 fully saturated rings. The molecule has 0 spiro atoms. The van der Waals surface area contributed by atoms with Crippen molar-refractivity contribution in [3.8, 4) is 5.75 Å². The van der Waals surface area contributed by atoms with Gasteiger partial charge in [0.05, 0.1) is 7.11 Å². The van der Waals surface area contributed by atoms with E-state index in [1.807, 2.05) is 43.3 Å². The molecule has 0 aliphatic carbocycles. The first kappa shape index (κ1) is 19.3. The first-order valence-corrected chi connectivity index (χ1v) is 8.40. The Morgan fingerprint density at radius 1 is 0.962 bits per heavy atom. The van der Waals surface area contributed by atoms with Crippen LogP contribution in [0.2, 0.25) is 0 Å². The van der Waals surface area contributed by atoms with Crippen molar-refractivity contribution in [3.05, 3.63) is 48.5 Å². The summed E-state index contributed by atoms with van der Waals surface area (Å²) in [7, 11) is 5.51. The summed E-state index contributed by atoms with van der Waals surface area (Å²) < 4.78 is 5.09. The molecule has 0 bridgehead atoms. The van der Waals surface area contributed by atoms with E-state index >= 15 is 0 Å². The quantitative estimate of drug-likeness (QED) is 0.829. The van der Waals surface area contributed by atoms with Gasteiger partial charge in [0.25, 0.3) is 0 Å². The Morgan fingerprint density at radius 2 is 1.54 bits per heavy atom. The number of carbonyl (C=O) groups is 2. The lowest BCUT2D eigenvalue weighted by molar-refractivity contribution is -0.117. The Balaban J connectivity index is 1.96. The molecule has 0 unspecified atom stereocenters. The topological polar surface area (TPSA) is 61.9 Å². The minimum Gasteiger partial charge on any atom is -0.497 e. The van der Waals surface area contributed by atoms with Crippen LogP contribution in [0.15, 0.2) is 48.5 Å². The molecular formula is C20H25N3O3. The van der Waals surface area contributed by atoms with Crippen LogP contribution in [0.1, 0.15) is 13.3 Å². The van der Waals surface area contributed by atoms with Crippen LogP contribution in [0.3, 0.4) is 0 Å². The van der Waals surface area contributed by atoms with Crippen LogP contribution in [-0.2, 0) is 9.59 Å². The third kappa shape index (κ3) is 5.24. The fraction of sp³-hybridized carbons (Fsp3) is 0.300. The highest BCUT2D eigenvalue weighted by molar-refractivity contribution is 5.94. The van der Waals surface area contributed by atoms with Crippen molar-refractivity contribution in [1.82, 2.24) is 0 Å². The van der Waals surface area contributed by atoms with Gasteiger partial charge in [-0.15, -0.1) is 0 Å². The summed E-state index contributed by atoms with van der Waals surface area (Å²) >= 11 is 0. The molecule has 1 N–H and O–H groups in total. The fourth-order valence-electron chi connectivity index (χ4n) is 2.51. The van der Waals surface area contributed by atoms with Gasteiger partial charge in [0.15, 0.2) is 0 Å². The number of amides is 2. The van der Waals surface area contributed by atoms with Gasteiger partial charge in [-0.3, -0.25) is 9.59 Å². The molecule has 0 aromatic heterocycles. The smallest absolute Gasteiger partial charge is 0.226 e. The summed E-state index contributed by atoms with van der Waals surface area (Å²) in [6, 6.07) is 14.8. The van der Waals surface area contributed by atoms with Gasteiger partial charge in [-0.1, -0.05) is 0 Å². The second-order valence-electron chi connectivity index (χ2n) is 6.11. The number of ether oxygens (including phenoxy) is 1. The van der Waals surface area contributed by atoms with Gasteiger partial charge < -0.3 is 19.9 Å². The van der Waals surface area contributed by atoms with Crippen molar-refractivity contribution in [2.75, 3.05) is 42.9 Å². The van der Waals surface area contributed by atoms with E-state index in [0.717, 1.165) is 17.1 Å². The molecule has 138 valence electrons. The van der Waals surface area contributed by atoms with Gasteiger partial charge in [-0.2, -0.15) is 0 Å². The number of rotatable bonds is 7. The molecule has 26 heavy (non-hydrogen) atoms. The van der Waals surface area contributed by atoms with Gasteiger partial charge >= 0.3 is 0 Å². The number of nitrogens with zero attached hydrogens (tertiary/aromatic N) is 2. The van der Waals surface area contributed by atoms with Gasteiger partial charge in [0.2, 0.25) is 11.8 Å². The molecule has 0 atom stereocenters. The van der Waals surface area contributed by atoms with E-state index in [9.17, 15) is 9.59 Å². The number of hydrogen-bond acceptors (Lipinski definition) is 4. The van der Waals surface area contributed by atoms with Crippen molar-refractivity contribution in [1.29, 1.82) is 0 Å². The van der Waals surface area contributed by atoms with E-state index in [4.69, 9.17) is 4.74 Å². The molecule has 2 rings (SSSR count). The molecule has 0 aliphatic heterocycles. The van der Waals surface area contributed by atoms with E-state index in [1.54, 1.807) is 36.3 Å². The first-order valence-electron chi connectivity index (χ1n) is 8.40. The molecule has 0 saturated carbocycles. The highest BCUT2D eigenvalue weighted by Gasteiger charge is 2.14. The van der Waals surface area contributed by atoms with Crippen LogP contribution in [0, 0.1) is 0 Å². The highest BCUT2D eigenvalue weighted by Crippen LogP contribution is 2.20. The molecule has 6 nitrogen and oxygen atoms in total. The molecule has 0 saturated heterocycles. The predicted molar refractivity (Wildman–Crippen MR) is 105 cm³/mol. The zero-order chi connectivity index (χ0) is 19.1. The second-order valence-corrected chi connectivity index (χ2v) is 6.11. The van der Waals surface area contributed by atoms with Crippen molar-refractivity contribution in [3.63, 3.8) is 0 Å². The van der Waals surface area contributed by atoms with Crippen molar-refractivity contribution < 1.29 is 14.3 Å². The predicted octanol–water partition coefficient (Wildman–Crippen LogP) is 3.14. The van der Waals surface area contributed by atoms with Crippen LogP contribution < -0.4 is 19.9 Å². The summed E-state index contributed by atoms with van der Waals surface area (Å²) in [5, 5.41) is 2.82. The number of anilines is 3. The normalized spacial score (nSPS) is 10.2. The lowest BCUT2D eigenvalue weighted by atomic mass is 10.2. The lowest BCUT2D eigenvalue weighted by Crippen LogP contribution is -2.32. The molecule has 0 aliphatic rings. The van der Waals surface area contributed by atoms with Crippen LogP contribution in [-0.4, -0.2) is 39.6 Å². The number of nitrogens with one attached hydrogen (secondary N) is 1. The van der Waals surface area contributed by atoms with E-state index in [-0.39, 0.29) is 18.2 Å². The molecule has 6 heteroatoms. The number of benzene rings is 2. The largest absolute Gasteiger partial charge is 0.497 e. The molecule has 2 amide bonds. The third-order valence-electron chi connectivity index (χ3n) is 3.99. The van der Waals surface area contributed by atoms with Crippen LogP contribution in [0.25, 0.3) is 0 Å². The molecular weight excluding hydrogens is 330 g/mol. The molecule has 0 radical (unpaired) electrons. The Morgan fingerprint density at radius 3 is 2.04 bits per heavy atom. The van der Waals surface area contributed by atoms with Gasteiger partial charge in [0, 0.05) is 51.0 Å². The summed E-state index contributed by atoms with van der Waals surface area (Å²) in [4.78, 5) is 27.8. The Hall–Kier alpha value is -3.02. The third-order valence-corrected chi connectivity index (χ3v) is 3.99. The Bertz CT molecular complexity index is 740. The monoisotopic (exact) mass is 355 g/mol. The minimum absolute atomic E-state index is 0.0974. The zero-order valence-electron chi connectivity index (χ0n) is 15.7. The Kier molecular flexibility index (Phi) is 6.60. The minimum atomic E-state index is -0.147. The van der Waals surface area contributed by atoms with E-state index in [2.05, 4.69) is 5.32 Å². The van der Waals surface area contributed by atoms with E-state index in [0.29, 0.717) is 12.2 Å². The SMILES string of the molecule is COc1ccc(NC(=O)CCN(C(C)=O)c2ccc(N(C)C)cc2)cc1. The molecule has 0 heterocycles. The van der Waals surface area contributed by atoms with Crippen molar-refractivity contribution in [2.24, 2.45) is 0 Å². The van der Waals surface area contributed by atoms with Gasteiger partial charge in [-0.05, 0) is 48.5 Å². The number of hydrogen-bond donors (Lipinski definition) is 1. The summed E-state index contributed by atoms with van der Waals surface area (Å²) in [5.41, 5.74) is 2.52. The first-order chi connectivity index (χ1) is 12.4. The van der Waals surface area contributed by atoms with E-state index in [1.165, 1.54) is 6.92 Å². The fourth-order valence-corrected chi connectivity index (χ4v) is 2.51. The molecule has 2 aromatic carbocycles. The maximum atomic E-state index is 12.2. The number of methoxy groups -OCH3 is 1. The number of carbonyl (C=O) groups excluding carboxylic acids is 2. The van der Waals surface area contributed by atoms with Gasteiger partial charge in [-0.25, -0.2) is 0 Å². The van der Waals surface area contributed by atoms with E-state index < -0.39 is 0 Å². The zero-order valence-corrected chi connectivity index (χ0v) is 15.7. The summed E-state index contributed by atoms with van der Waals surface area (Å²) in [6.07, 6.45) is 0.209. The van der Waals surface area contributed by atoms with Gasteiger partial charge in [0.1, 0.15) is 5.75 Å². The van der Waals surface area contributed by atoms with Crippen molar-refractivity contribution >= 4 is 28.9 Å².